The Hall–Kier alpha value is -0.120. The summed E-state index contributed by atoms with van der Waals surface area (Å²) in [6.45, 7) is 12.6. The summed E-state index contributed by atoms with van der Waals surface area (Å²) in [5, 5.41) is 6.69. The summed E-state index contributed by atoms with van der Waals surface area (Å²) >= 11 is 0. The Balaban J connectivity index is 0.00000220. The van der Waals surface area contributed by atoms with Gasteiger partial charge in [0.05, 0.1) is 13.2 Å². The maximum Gasteiger partial charge on any atom is 0.191 e. The van der Waals surface area contributed by atoms with E-state index in [-0.39, 0.29) is 30.0 Å². The molecule has 7 heteroatoms. The molecule has 3 fully saturated rings. The van der Waals surface area contributed by atoms with Gasteiger partial charge in [0.1, 0.15) is 0 Å². The molecule has 2 unspecified atom stereocenters. The van der Waals surface area contributed by atoms with E-state index in [2.05, 4.69) is 34.3 Å². The van der Waals surface area contributed by atoms with Crippen LogP contribution in [0.25, 0.3) is 0 Å². The summed E-state index contributed by atoms with van der Waals surface area (Å²) in [5.74, 6) is 0.898. The van der Waals surface area contributed by atoms with Crippen LogP contribution in [0.1, 0.15) is 13.8 Å². The molecule has 0 aromatic heterocycles. The van der Waals surface area contributed by atoms with Gasteiger partial charge in [-0.05, 0) is 13.8 Å². The lowest BCUT2D eigenvalue weighted by Gasteiger charge is -2.47. The van der Waals surface area contributed by atoms with Gasteiger partial charge in [-0.15, -0.1) is 24.0 Å². The van der Waals surface area contributed by atoms with E-state index < -0.39 is 0 Å². The molecule has 0 radical (unpaired) electrons. The van der Waals surface area contributed by atoms with Crippen LogP contribution >= 0.6 is 24.0 Å². The van der Waals surface area contributed by atoms with E-state index in [0.717, 1.165) is 25.6 Å². The summed E-state index contributed by atoms with van der Waals surface area (Å²) < 4.78 is 5.16. The van der Waals surface area contributed by atoms with Crippen LogP contribution in [-0.4, -0.2) is 87.4 Å². The van der Waals surface area contributed by atoms with Gasteiger partial charge in [-0.2, -0.15) is 0 Å². The van der Waals surface area contributed by atoms with Crippen molar-refractivity contribution in [1.29, 1.82) is 0 Å². The van der Waals surface area contributed by atoms with Crippen molar-refractivity contribution in [2.24, 2.45) is 4.99 Å². The number of piperazine rings is 3. The molecule has 2 bridgehead atoms. The van der Waals surface area contributed by atoms with Crippen molar-refractivity contribution >= 4 is 29.9 Å². The van der Waals surface area contributed by atoms with Crippen LogP contribution in [0, 0.1) is 0 Å². The van der Waals surface area contributed by atoms with E-state index in [1.807, 2.05) is 0 Å². The van der Waals surface area contributed by atoms with E-state index in [0.29, 0.717) is 12.6 Å². The topological polar surface area (TPSA) is 52.1 Å². The minimum Gasteiger partial charge on any atom is -0.383 e. The fraction of sp³-hybridized carbons (Fsp3) is 0.929. The number of nitrogens with zero attached hydrogens (tertiary/aromatic N) is 3. The van der Waals surface area contributed by atoms with Gasteiger partial charge in [0, 0.05) is 58.5 Å². The molecule has 21 heavy (non-hydrogen) atoms. The van der Waals surface area contributed by atoms with Crippen molar-refractivity contribution in [3.05, 3.63) is 0 Å². The lowest BCUT2D eigenvalue weighted by molar-refractivity contribution is 0.0174. The molecule has 3 aliphatic heterocycles. The lowest BCUT2D eigenvalue weighted by Crippen LogP contribution is -2.62. The van der Waals surface area contributed by atoms with Crippen LogP contribution in [0.4, 0.5) is 0 Å². The lowest BCUT2D eigenvalue weighted by atomic mass is 10.1. The number of hydrogen-bond donors (Lipinski definition) is 2. The van der Waals surface area contributed by atoms with Crippen molar-refractivity contribution in [2.45, 2.75) is 25.9 Å². The second-order valence-corrected chi connectivity index (χ2v) is 5.71. The number of halogens is 1. The number of rotatable bonds is 6. The molecule has 3 aliphatic rings. The third-order valence-corrected chi connectivity index (χ3v) is 4.00. The third kappa shape index (κ3) is 5.88. The van der Waals surface area contributed by atoms with Crippen LogP contribution in [0.2, 0.25) is 0 Å². The van der Waals surface area contributed by atoms with Crippen molar-refractivity contribution in [2.75, 3.05) is 59.5 Å². The van der Waals surface area contributed by atoms with Gasteiger partial charge in [-0.3, -0.25) is 14.8 Å². The molecule has 6 nitrogen and oxygen atoms in total. The zero-order chi connectivity index (χ0) is 14.4. The van der Waals surface area contributed by atoms with E-state index >= 15 is 0 Å². The van der Waals surface area contributed by atoms with Crippen LogP contribution in [0.3, 0.4) is 0 Å². The summed E-state index contributed by atoms with van der Waals surface area (Å²) in [4.78, 5) is 9.87. The number of aliphatic imine (C=N–C) groups is 1. The molecule has 2 N–H and O–H groups in total. The van der Waals surface area contributed by atoms with E-state index in [9.17, 15) is 0 Å². The van der Waals surface area contributed by atoms with Crippen molar-refractivity contribution < 1.29 is 4.74 Å². The van der Waals surface area contributed by atoms with Gasteiger partial charge in [0.25, 0.3) is 0 Å². The standard InChI is InChI=1S/C14H29N5O.HI/c1-4-15-14(17-12(2)11-20-3)16-9-13-10-18-5-7-19(13)8-6-18;/h12-13H,4-11H2,1-3H3,(H2,15,16,17);1H. The van der Waals surface area contributed by atoms with E-state index in [4.69, 9.17) is 9.73 Å². The molecule has 2 atom stereocenters. The minimum atomic E-state index is 0. The Labute approximate surface area is 145 Å². The zero-order valence-corrected chi connectivity index (χ0v) is 15.8. The van der Waals surface area contributed by atoms with Crippen LogP contribution < -0.4 is 10.6 Å². The first-order valence-corrected chi connectivity index (χ1v) is 7.73. The first-order valence-electron chi connectivity index (χ1n) is 7.73. The maximum atomic E-state index is 5.16. The largest absolute Gasteiger partial charge is 0.383 e. The van der Waals surface area contributed by atoms with Gasteiger partial charge < -0.3 is 15.4 Å². The van der Waals surface area contributed by atoms with Gasteiger partial charge in [0.15, 0.2) is 5.96 Å². The number of methoxy groups -OCH3 is 1. The molecule has 0 spiro atoms. The smallest absolute Gasteiger partial charge is 0.191 e. The molecule has 0 aromatic carbocycles. The zero-order valence-electron chi connectivity index (χ0n) is 13.5. The highest BCUT2D eigenvalue weighted by Crippen LogP contribution is 2.15. The van der Waals surface area contributed by atoms with E-state index in [1.165, 1.54) is 26.2 Å². The molecule has 3 saturated heterocycles. The molecule has 0 amide bonds. The van der Waals surface area contributed by atoms with Gasteiger partial charge in [0.2, 0.25) is 0 Å². The highest BCUT2D eigenvalue weighted by Gasteiger charge is 2.31. The fourth-order valence-electron chi connectivity index (χ4n) is 2.94. The van der Waals surface area contributed by atoms with Crippen LogP contribution in [0.15, 0.2) is 4.99 Å². The molecular formula is C14H30IN5O. The average Bonchev–Trinajstić information content (AvgIpc) is 2.46. The van der Waals surface area contributed by atoms with Gasteiger partial charge in [-0.1, -0.05) is 0 Å². The van der Waals surface area contributed by atoms with Crippen LogP contribution in [-0.2, 0) is 4.74 Å². The quantitative estimate of drug-likeness (QED) is 0.372. The number of ether oxygens (including phenoxy) is 1. The summed E-state index contributed by atoms with van der Waals surface area (Å²) in [7, 11) is 1.72. The Morgan fingerprint density at radius 3 is 2.57 bits per heavy atom. The first-order chi connectivity index (χ1) is 9.72. The predicted octanol–water partition coefficient (Wildman–Crippen LogP) is 0.194. The molecule has 0 aliphatic carbocycles. The van der Waals surface area contributed by atoms with Crippen molar-refractivity contribution in [1.82, 2.24) is 20.4 Å². The number of fused-ring (bicyclic) bond motifs is 3. The molecular weight excluding hydrogens is 381 g/mol. The van der Waals surface area contributed by atoms with Gasteiger partial charge in [-0.25, -0.2) is 0 Å². The van der Waals surface area contributed by atoms with Crippen LogP contribution in [0.5, 0.6) is 0 Å². The van der Waals surface area contributed by atoms with Gasteiger partial charge >= 0.3 is 0 Å². The normalized spacial score (nSPS) is 29.7. The summed E-state index contributed by atoms with van der Waals surface area (Å²) in [6, 6.07) is 0.843. The summed E-state index contributed by atoms with van der Waals surface area (Å²) in [6.07, 6.45) is 0. The number of nitrogens with one attached hydrogen (secondary N) is 2. The average molecular weight is 411 g/mol. The minimum absolute atomic E-state index is 0. The molecule has 3 rings (SSSR count). The number of guanidine groups is 1. The van der Waals surface area contributed by atoms with E-state index in [1.54, 1.807) is 7.11 Å². The molecule has 0 saturated carbocycles. The number of hydrogen-bond acceptors (Lipinski definition) is 4. The molecule has 124 valence electrons. The first kappa shape index (κ1) is 18.9. The Morgan fingerprint density at radius 2 is 2.05 bits per heavy atom. The third-order valence-electron chi connectivity index (χ3n) is 4.00. The predicted molar refractivity (Wildman–Crippen MR) is 97.7 cm³/mol. The second-order valence-electron chi connectivity index (χ2n) is 5.71. The molecule has 0 aromatic rings. The monoisotopic (exact) mass is 411 g/mol. The molecule has 3 heterocycles. The Kier molecular flexibility index (Phi) is 8.84. The summed E-state index contributed by atoms with van der Waals surface area (Å²) in [5.41, 5.74) is 0. The SMILES string of the molecule is CCNC(=NCC1CN2CCN1CC2)NC(C)COC.I. The highest BCUT2D eigenvalue weighted by molar-refractivity contribution is 14.0. The Morgan fingerprint density at radius 1 is 1.33 bits per heavy atom. The Bertz CT molecular complexity index is 320. The van der Waals surface area contributed by atoms with Crippen molar-refractivity contribution in [3.63, 3.8) is 0 Å². The fourth-order valence-corrected chi connectivity index (χ4v) is 2.94. The highest BCUT2D eigenvalue weighted by atomic mass is 127. The second kappa shape index (κ2) is 9.81. The maximum absolute atomic E-state index is 5.16. The van der Waals surface area contributed by atoms with Crippen molar-refractivity contribution in [3.8, 4) is 0 Å².